The minimum atomic E-state index is -0.142. The van der Waals surface area contributed by atoms with E-state index in [1.54, 1.807) is 12.1 Å². The summed E-state index contributed by atoms with van der Waals surface area (Å²) in [5.74, 6) is 0.234. The van der Waals surface area contributed by atoms with Crippen molar-refractivity contribution in [3.63, 3.8) is 0 Å². The molecule has 0 fully saturated rings. The first-order valence-electron chi connectivity index (χ1n) is 3.90. The number of furan rings is 2. The average molecular weight is 176 g/mol. The molecule has 3 nitrogen and oxygen atoms in total. The van der Waals surface area contributed by atoms with Crippen LogP contribution in [0.2, 0.25) is 0 Å². The summed E-state index contributed by atoms with van der Waals surface area (Å²) in [6, 6.07) is 3.37. The number of aryl methyl sites for hydroxylation is 1. The van der Waals surface area contributed by atoms with Crippen molar-refractivity contribution in [2.45, 2.75) is 6.92 Å². The van der Waals surface area contributed by atoms with Crippen LogP contribution in [-0.2, 0) is 0 Å². The highest BCUT2D eigenvalue weighted by atomic mass is 16.3. The molecular weight excluding hydrogens is 168 g/mol. The maximum absolute atomic E-state index is 11.6. The van der Waals surface area contributed by atoms with Crippen molar-refractivity contribution in [1.82, 2.24) is 0 Å². The Kier molecular flexibility index (Phi) is 1.77. The molecule has 3 heteroatoms. The number of hydrogen-bond acceptors (Lipinski definition) is 3. The van der Waals surface area contributed by atoms with Crippen LogP contribution in [0, 0.1) is 6.92 Å². The predicted molar refractivity (Wildman–Crippen MR) is 45.6 cm³/mol. The van der Waals surface area contributed by atoms with Gasteiger partial charge in [-0.05, 0) is 24.6 Å². The maximum atomic E-state index is 11.6. The summed E-state index contributed by atoms with van der Waals surface area (Å²) in [5, 5.41) is 0. The monoisotopic (exact) mass is 176 g/mol. The first-order valence-corrected chi connectivity index (χ1v) is 3.90. The predicted octanol–water partition coefficient (Wildman–Crippen LogP) is 2.41. The van der Waals surface area contributed by atoms with Crippen LogP contribution in [0.25, 0.3) is 0 Å². The summed E-state index contributed by atoms with van der Waals surface area (Å²) in [7, 11) is 0. The van der Waals surface area contributed by atoms with Gasteiger partial charge in [-0.3, -0.25) is 4.79 Å². The fraction of sp³-hybridized carbons (Fsp3) is 0.100. The minimum absolute atomic E-state index is 0.142. The molecule has 2 aromatic rings. The van der Waals surface area contributed by atoms with Gasteiger partial charge in [-0.25, -0.2) is 0 Å². The lowest BCUT2D eigenvalue weighted by Crippen LogP contribution is -1.99. The fourth-order valence-corrected chi connectivity index (χ4v) is 1.13. The zero-order valence-corrected chi connectivity index (χ0v) is 7.11. The van der Waals surface area contributed by atoms with Crippen LogP contribution >= 0.6 is 0 Å². The summed E-state index contributed by atoms with van der Waals surface area (Å²) in [6.45, 7) is 1.83. The lowest BCUT2D eigenvalue weighted by Gasteiger charge is -1.92. The largest absolute Gasteiger partial charge is 0.472 e. The third kappa shape index (κ3) is 1.28. The maximum Gasteiger partial charge on any atom is 0.231 e. The average Bonchev–Trinajstić information content (AvgIpc) is 2.72. The van der Waals surface area contributed by atoms with E-state index < -0.39 is 0 Å². The summed E-state index contributed by atoms with van der Waals surface area (Å²) < 4.78 is 9.87. The molecule has 66 valence electrons. The van der Waals surface area contributed by atoms with Gasteiger partial charge in [0, 0.05) is 0 Å². The second kappa shape index (κ2) is 2.94. The zero-order valence-electron chi connectivity index (χ0n) is 7.11. The highest BCUT2D eigenvalue weighted by molar-refractivity contribution is 6.07. The molecule has 0 saturated carbocycles. The van der Waals surface area contributed by atoms with Crippen molar-refractivity contribution in [2.24, 2.45) is 0 Å². The van der Waals surface area contributed by atoms with E-state index in [-0.39, 0.29) is 5.78 Å². The Morgan fingerprint density at radius 1 is 1.31 bits per heavy atom. The van der Waals surface area contributed by atoms with Crippen LogP contribution in [0.5, 0.6) is 0 Å². The molecule has 0 saturated heterocycles. The highest BCUT2D eigenvalue weighted by Crippen LogP contribution is 2.14. The SMILES string of the molecule is Cc1ccoc1C(=O)c1ccoc1. The van der Waals surface area contributed by atoms with Gasteiger partial charge >= 0.3 is 0 Å². The lowest BCUT2D eigenvalue weighted by molar-refractivity contribution is 0.101. The van der Waals surface area contributed by atoms with E-state index in [0.717, 1.165) is 5.56 Å². The van der Waals surface area contributed by atoms with Gasteiger partial charge in [0.15, 0.2) is 5.76 Å². The Hall–Kier alpha value is -1.77. The molecule has 0 amide bonds. The quantitative estimate of drug-likeness (QED) is 0.660. The lowest BCUT2D eigenvalue weighted by atomic mass is 10.1. The van der Waals surface area contributed by atoms with E-state index in [9.17, 15) is 4.79 Å². The van der Waals surface area contributed by atoms with Crippen LogP contribution < -0.4 is 0 Å². The third-order valence-corrected chi connectivity index (χ3v) is 1.85. The summed E-state index contributed by atoms with van der Waals surface area (Å²) in [4.78, 5) is 11.6. The standard InChI is InChI=1S/C10H8O3/c1-7-2-5-13-10(7)9(11)8-3-4-12-6-8/h2-6H,1H3. The molecule has 2 heterocycles. The van der Waals surface area contributed by atoms with Crippen LogP contribution in [0.1, 0.15) is 21.7 Å². The van der Waals surface area contributed by atoms with Gasteiger partial charge in [-0.2, -0.15) is 0 Å². The van der Waals surface area contributed by atoms with E-state index in [1.807, 2.05) is 6.92 Å². The zero-order chi connectivity index (χ0) is 9.26. The number of ketones is 1. The molecule has 0 radical (unpaired) electrons. The van der Waals surface area contributed by atoms with E-state index in [2.05, 4.69) is 0 Å². The van der Waals surface area contributed by atoms with E-state index in [1.165, 1.54) is 18.8 Å². The molecule has 0 unspecified atom stereocenters. The number of carbonyl (C=O) groups is 1. The first-order chi connectivity index (χ1) is 6.29. The smallest absolute Gasteiger partial charge is 0.231 e. The van der Waals surface area contributed by atoms with Crippen molar-refractivity contribution in [3.05, 3.63) is 47.8 Å². The van der Waals surface area contributed by atoms with Gasteiger partial charge in [0.1, 0.15) is 6.26 Å². The normalized spacial score (nSPS) is 10.2. The Labute approximate surface area is 75.0 Å². The number of rotatable bonds is 2. The molecule has 2 rings (SSSR count). The third-order valence-electron chi connectivity index (χ3n) is 1.85. The Balaban J connectivity index is 2.39. The summed E-state index contributed by atoms with van der Waals surface area (Å²) in [5.41, 5.74) is 1.35. The van der Waals surface area contributed by atoms with E-state index in [4.69, 9.17) is 8.83 Å². The van der Waals surface area contributed by atoms with Gasteiger partial charge in [-0.1, -0.05) is 0 Å². The molecule has 0 bridgehead atoms. The van der Waals surface area contributed by atoms with Crippen molar-refractivity contribution >= 4 is 5.78 Å². The molecule has 0 N–H and O–H groups in total. The highest BCUT2D eigenvalue weighted by Gasteiger charge is 2.15. The minimum Gasteiger partial charge on any atom is -0.472 e. The molecule has 13 heavy (non-hydrogen) atoms. The Morgan fingerprint density at radius 3 is 2.69 bits per heavy atom. The topological polar surface area (TPSA) is 43.4 Å². The van der Waals surface area contributed by atoms with Crippen LogP contribution in [0.4, 0.5) is 0 Å². The van der Waals surface area contributed by atoms with Gasteiger partial charge in [0.05, 0.1) is 18.1 Å². The second-order valence-electron chi connectivity index (χ2n) is 2.77. The van der Waals surface area contributed by atoms with Gasteiger partial charge < -0.3 is 8.83 Å². The van der Waals surface area contributed by atoms with Crippen molar-refractivity contribution in [3.8, 4) is 0 Å². The number of hydrogen-bond donors (Lipinski definition) is 0. The van der Waals surface area contributed by atoms with Gasteiger partial charge in [0.2, 0.25) is 5.78 Å². The fourth-order valence-electron chi connectivity index (χ4n) is 1.13. The van der Waals surface area contributed by atoms with E-state index >= 15 is 0 Å². The van der Waals surface area contributed by atoms with Crippen LogP contribution in [-0.4, -0.2) is 5.78 Å². The molecule has 0 aliphatic heterocycles. The van der Waals surface area contributed by atoms with Crippen LogP contribution in [0.3, 0.4) is 0 Å². The molecule has 0 atom stereocenters. The van der Waals surface area contributed by atoms with E-state index in [0.29, 0.717) is 11.3 Å². The molecule has 0 spiro atoms. The van der Waals surface area contributed by atoms with Crippen LogP contribution in [0.15, 0.2) is 39.8 Å². The Morgan fingerprint density at radius 2 is 2.15 bits per heavy atom. The molecule has 0 aliphatic rings. The van der Waals surface area contributed by atoms with Gasteiger partial charge in [0.25, 0.3) is 0 Å². The van der Waals surface area contributed by atoms with Gasteiger partial charge in [-0.15, -0.1) is 0 Å². The van der Waals surface area contributed by atoms with Crippen molar-refractivity contribution < 1.29 is 13.6 Å². The van der Waals surface area contributed by atoms with Crippen molar-refractivity contribution in [1.29, 1.82) is 0 Å². The summed E-state index contributed by atoms with van der Waals surface area (Å²) in [6.07, 6.45) is 4.37. The second-order valence-corrected chi connectivity index (χ2v) is 2.77. The number of carbonyl (C=O) groups excluding carboxylic acids is 1. The molecule has 0 aliphatic carbocycles. The Bertz CT molecular complexity index is 409. The molecule has 2 aromatic heterocycles. The first kappa shape index (κ1) is 7.86. The molecular formula is C10H8O3. The summed E-state index contributed by atoms with van der Waals surface area (Å²) >= 11 is 0. The van der Waals surface area contributed by atoms with Crippen molar-refractivity contribution in [2.75, 3.05) is 0 Å². The molecule has 0 aromatic carbocycles.